The third kappa shape index (κ3) is 2.24. The number of carbonyl (C=O) groups is 1. The van der Waals surface area contributed by atoms with Crippen molar-refractivity contribution in [2.24, 2.45) is 0 Å². The van der Waals surface area contributed by atoms with Gasteiger partial charge in [-0.05, 0) is 6.54 Å². The maximum Gasteiger partial charge on any atom is 0.167 e. The average Bonchev–Trinajstić information content (AvgIpc) is 2.78. The van der Waals surface area contributed by atoms with E-state index < -0.39 is 0 Å². The zero-order chi connectivity index (χ0) is 10.7. The van der Waals surface area contributed by atoms with Crippen molar-refractivity contribution in [2.75, 3.05) is 26.2 Å². The summed E-state index contributed by atoms with van der Waals surface area (Å²) in [5, 5.41) is 0. The van der Waals surface area contributed by atoms with Crippen LogP contribution >= 0.6 is 0 Å². The number of aldehydes is 1. The predicted octanol–water partition coefficient (Wildman–Crippen LogP) is 0.615. The lowest BCUT2D eigenvalue weighted by Crippen LogP contribution is -2.38. The van der Waals surface area contributed by atoms with Crippen molar-refractivity contribution in [1.29, 1.82) is 0 Å². The first-order chi connectivity index (χ1) is 7.33. The smallest absolute Gasteiger partial charge is 0.167 e. The number of likely N-dealkylation sites (N-methyl/N-ethyl adjacent to an activating group) is 1. The average molecular weight is 209 g/mol. The summed E-state index contributed by atoms with van der Waals surface area (Å²) in [6.45, 7) is 5.66. The number of aromatic nitrogens is 2. The molecule has 1 unspecified atom stereocenters. The molecule has 2 heterocycles. The number of morpholine rings is 1. The Morgan fingerprint density at radius 1 is 1.80 bits per heavy atom. The Kier molecular flexibility index (Phi) is 3.13. The molecular weight excluding hydrogens is 194 g/mol. The molecule has 1 saturated heterocycles. The Morgan fingerprint density at radius 3 is 3.33 bits per heavy atom. The Bertz CT molecular complexity index is 337. The van der Waals surface area contributed by atoms with E-state index in [0.717, 1.165) is 38.4 Å². The Morgan fingerprint density at radius 2 is 2.67 bits per heavy atom. The van der Waals surface area contributed by atoms with Crippen molar-refractivity contribution in [3.8, 4) is 0 Å². The number of hydrogen-bond donors (Lipinski definition) is 1. The first kappa shape index (κ1) is 10.3. The van der Waals surface area contributed by atoms with Gasteiger partial charge in [0.2, 0.25) is 0 Å². The van der Waals surface area contributed by atoms with E-state index in [0.29, 0.717) is 5.69 Å². The fourth-order valence-electron chi connectivity index (χ4n) is 1.73. The van der Waals surface area contributed by atoms with E-state index in [9.17, 15) is 4.79 Å². The Labute approximate surface area is 88.4 Å². The van der Waals surface area contributed by atoms with Crippen LogP contribution in [0.1, 0.15) is 29.3 Å². The highest BCUT2D eigenvalue weighted by atomic mass is 16.5. The van der Waals surface area contributed by atoms with Crippen LogP contribution in [-0.2, 0) is 4.74 Å². The zero-order valence-electron chi connectivity index (χ0n) is 8.77. The number of imidazole rings is 1. The highest BCUT2D eigenvalue weighted by Crippen LogP contribution is 2.18. The molecule has 0 aromatic carbocycles. The van der Waals surface area contributed by atoms with Crippen LogP contribution in [0.2, 0.25) is 0 Å². The van der Waals surface area contributed by atoms with Crippen LogP contribution in [-0.4, -0.2) is 47.4 Å². The van der Waals surface area contributed by atoms with E-state index in [1.165, 1.54) is 6.20 Å². The summed E-state index contributed by atoms with van der Waals surface area (Å²) in [6, 6.07) is 0. The maximum absolute atomic E-state index is 10.5. The lowest BCUT2D eigenvalue weighted by Gasteiger charge is -2.30. The largest absolute Gasteiger partial charge is 0.368 e. The minimum atomic E-state index is -0.0348. The van der Waals surface area contributed by atoms with Crippen molar-refractivity contribution >= 4 is 6.29 Å². The van der Waals surface area contributed by atoms with Gasteiger partial charge in [-0.25, -0.2) is 4.98 Å². The van der Waals surface area contributed by atoms with Crippen molar-refractivity contribution < 1.29 is 9.53 Å². The predicted molar refractivity (Wildman–Crippen MR) is 54.8 cm³/mol. The summed E-state index contributed by atoms with van der Waals surface area (Å²) in [4.78, 5) is 19.9. The van der Waals surface area contributed by atoms with Gasteiger partial charge in [0.1, 0.15) is 11.9 Å². The third-order valence-electron chi connectivity index (χ3n) is 2.64. The number of nitrogens with zero attached hydrogens (tertiary/aromatic N) is 2. The molecule has 2 rings (SSSR count). The highest BCUT2D eigenvalue weighted by Gasteiger charge is 2.23. The monoisotopic (exact) mass is 209 g/mol. The van der Waals surface area contributed by atoms with Gasteiger partial charge >= 0.3 is 0 Å². The molecule has 1 atom stereocenters. The molecule has 1 aromatic heterocycles. The van der Waals surface area contributed by atoms with Crippen molar-refractivity contribution in [1.82, 2.24) is 14.9 Å². The normalized spacial score (nSPS) is 22.9. The number of aromatic amines is 1. The summed E-state index contributed by atoms with van der Waals surface area (Å²) in [5.74, 6) is 0.746. The number of H-pyrrole nitrogens is 1. The second kappa shape index (κ2) is 4.55. The molecule has 5 heteroatoms. The van der Waals surface area contributed by atoms with Crippen LogP contribution in [0, 0.1) is 0 Å². The van der Waals surface area contributed by atoms with E-state index in [2.05, 4.69) is 21.8 Å². The fraction of sp³-hybridized carbons (Fsp3) is 0.600. The molecule has 82 valence electrons. The minimum absolute atomic E-state index is 0.0348. The molecule has 0 saturated carbocycles. The van der Waals surface area contributed by atoms with Gasteiger partial charge in [0.15, 0.2) is 6.29 Å². The Balaban J connectivity index is 2.06. The summed E-state index contributed by atoms with van der Waals surface area (Å²) in [7, 11) is 0. The van der Waals surface area contributed by atoms with Gasteiger partial charge in [0.25, 0.3) is 0 Å². The molecule has 1 aliphatic heterocycles. The minimum Gasteiger partial charge on any atom is -0.368 e. The van der Waals surface area contributed by atoms with E-state index in [1.54, 1.807) is 0 Å². The molecule has 1 aromatic rings. The van der Waals surface area contributed by atoms with Crippen LogP contribution < -0.4 is 0 Å². The van der Waals surface area contributed by atoms with Gasteiger partial charge in [-0.3, -0.25) is 9.69 Å². The molecule has 0 amide bonds. The van der Waals surface area contributed by atoms with Gasteiger partial charge in [0, 0.05) is 13.1 Å². The number of hydrogen-bond acceptors (Lipinski definition) is 4. The molecule has 1 aliphatic rings. The maximum atomic E-state index is 10.5. The van der Waals surface area contributed by atoms with Crippen LogP contribution in [0.15, 0.2) is 6.20 Å². The van der Waals surface area contributed by atoms with Crippen LogP contribution in [0.4, 0.5) is 0 Å². The van der Waals surface area contributed by atoms with E-state index in [-0.39, 0.29) is 6.10 Å². The first-order valence-electron chi connectivity index (χ1n) is 5.17. The van der Waals surface area contributed by atoms with Crippen LogP contribution in [0.3, 0.4) is 0 Å². The molecule has 0 bridgehead atoms. The SMILES string of the molecule is CCN1CCOC(c2ncc(C=O)[nH]2)C1. The fourth-order valence-corrected chi connectivity index (χ4v) is 1.73. The highest BCUT2D eigenvalue weighted by molar-refractivity contribution is 5.71. The van der Waals surface area contributed by atoms with Gasteiger partial charge in [-0.1, -0.05) is 6.92 Å². The molecule has 0 spiro atoms. The standard InChI is InChI=1S/C10H15N3O2/c1-2-13-3-4-15-9(6-13)10-11-5-8(7-14)12-10/h5,7,9H,2-4,6H2,1H3,(H,11,12). The molecule has 1 fully saturated rings. The molecular formula is C10H15N3O2. The van der Waals surface area contributed by atoms with E-state index >= 15 is 0 Å². The Hall–Kier alpha value is -1.20. The van der Waals surface area contributed by atoms with Crippen LogP contribution in [0.5, 0.6) is 0 Å². The number of nitrogens with one attached hydrogen (secondary N) is 1. The van der Waals surface area contributed by atoms with Gasteiger partial charge in [-0.2, -0.15) is 0 Å². The van der Waals surface area contributed by atoms with Crippen molar-refractivity contribution in [3.05, 3.63) is 17.7 Å². The quantitative estimate of drug-likeness (QED) is 0.741. The first-order valence-corrected chi connectivity index (χ1v) is 5.17. The molecule has 15 heavy (non-hydrogen) atoms. The molecule has 0 radical (unpaired) electrons. The summed E-state index contributed by atoms with van der Waals surface area (Å²) in [5.41, 5.74) is 0.502. The third-order valence-corrected chi connectivity index (χ3v) is 2.64. The zero-order valence-corrected chi connectivity index (χ0v) is 8.77. The lowest BCUT2D eigenvalue weighted by molar-refractivity contribution is -0.0322. The second-order valence-corrected chi connectivity index (χ2v) is 3.59. The second-order valence-electron chi connectivity index (χ2n) is 3.59. The van der Waals surface area contributed by atoms with Gasteiger partial charge < -0.3 is 9.72 Å². The number of rotatable bonds is 3. The van der Waals surface area contributed by atoms with Gasteiger partial charge in [0.05, 0.1) is 18.5 Å². The number of ether oxygens (including phenoxy) is 1. The van der Waals surface area contributed by atoms with Crippen molar-refractivity contribution in [3.63, 3.8) is 0 Å². The van der Waals surface area contributed by atoms with Crippen molar-refractivity contribution in [2.45, 2.75) is 13.0 Å². The van der Waals surface area contributed by atoms with Gasteiger partial charge in [-0.15, -0.1) is 0 Å². The molecule has 1 N–H and O–H groups in total. The summed E-state index contributed by atoms with van der Waals surface area (Å²) >= 11 is 0. The summed E-state index contributed by atoms with van der Waals surface area (Å²) in [6.07, 6.45) is 2.26. The molecule has 5 nitrogen and oxygen atoms in total. The van der Waals surface area contributed by atoms with Crippen LogP contribution in [0.25, 0.3) is 0 Å². The molecule has 0 aliphatic carbocycles. The summed E-state index contributed by atoms with van der Waals surface area (Å²) < 4.78 is 5.60. The van der Waals surface area contributed by atoms with E-state index in [1.807, 2.05) is 0 Å². The number of carbonyl (C=O) groups excluding carboxylic acids is 1. The lowest BCUT2D eigenvalue weighted by atomic mass is 10.2. The van der Waals surface area contributed by atoms with E-state index in [4.69, 9.17) is 4.74 Å². The topological polar surface area (TPSA) is 58.2 Å².